The normalized spacial score (nSPS) is 11.8. The van der Waals surface area contributed by atoms with Gasteiger partial charge in [-0.2, -0.15) is 0 Å². The summed E-state index contributed by atoms with van der Waals surface area (Å²) in [5.74, 6) is 1.26. The Bertz CT molecular complexity index is 773. The Morgan fingerprint density at radius 1 is 1.30 bits per heavy atom. The minimum Gasteiger partial charge on any atom is -0.459 e. The van der Waals surface area contributed by atoms with Gasteiger partial charge in [-0.05, 0) is 23.6 Å². The van der Waals surface area contributed by atoms with Crippen LogP contribution in [0.5, 0.6) is 0 Å². The number of hydrogen-bond donors (Lipinski definition) is 1. The van der Waals surface area contributed by atoms with Crippen LogP contribution in [-0.2, 0) is 16.6 Å². The summed E-state index contributed by atoms with van der Waals surface area (Å²) in [5, 5.41) is 5.32. The molecule has 3 aromatic rings. The molecule has 0 amide bonds. The predicted molar refractivity (Wildman–Crippen MR) is 72.5 cm³/mol. The molecule has 0 radical (unpaired) electrons. The van der Waals surface area contributed by atoms with E-state index in [0.29, 0.717) is 5.76 Å². The van der Waals surface area contributed by atoms with Crippen LogP contribution < -0.4 is 4.72 Å². The van der Waals surface area contributed by atoms with Gasteiger partial charge in [-0.25, -0.2) is 13.1 Å². The van der Waals surface area contributed by atoms with Crippen molar-refractivity contribution in [2.75, 3.05) is 0 Å². The minimum atomic E-state index is -3.62. The van der Waals surface area contributed by atoms with Crippen molar-refractivity contribution < 1.29 is 17.4 Å². The topological polar surface area (TPSA) is 85.3 Å². The zero-order valence-electron chi connectivity index (χ0n) is 10.1. The molecule has 0 unspecified atom stereocenters. The van der Waals surface area contributed by atoms with Gasteiger partial charge in [0.2, 0.25) is 10.0 Å². The van der Waals surface area contributed by atoms with Gasteiger partial charge in [-0.15, -0.1) is 11.3 Å². The fraction of sp³-hybridized carbons (Fsp3) is 0.0833. The second-order valence-electron chi connectivity index (χ2n) is 3.93. The van der Waals surface area contributed by atoms with Gasteiger partial charge in [0.25, 0.3) is 0 Å². The number of thiophene rings is 1. The molecule has 0 atom stereocenters. The average Bonchev–Trinajstić information content (AvgIpc) is 3.16. The highest BCUT2D eigenvalue weighted by atomic mass is 32.2. The molecule has 0 aliphatic carbocycles. The molecule has 0 aliphatic rings. The lowest BCUT2D eigenvalue weighted by molar-refractivity contribution is 0.417. The van der Waals surface area contributed by atoms with Crippen LogP contribution in [0.2, 0.25) is 0 Å². The number of rotatable bonds is 5. The molecule has 0 bridgehead atoms. The molecule has 8 heteroatoms. The van der Waals surface area contributed by atoms with Crippen LogP contribution in [0.3, 0.4) is 0 Å². The van der Waals surface area contributed by atoms with E-state index in [4.69, 9.17) is 4.42 Å². The van der Waals surface area contributed by atoms with Crippen LogP contribution in [0.25, 0.3) is 10.6 Å². The van der Waals surface area contributed by atoms with Crippen molar-refractivity contribution in [1.29, 1.82) is 0 Å². The maximum absolute atomic E-state index is 11.9. The third-order valence-electron chi connectivity index (χ3n) is 2.58. The van der Waals surface area contributed by atoms with Gasteiger partial charge in [0, 0.05) is 0 Å². The maximum Gasteiger partial charge on any atom is 0.245 e. The van der Waals surface area contributed by atoms with Crippen molar-refractivity contribution in [3.63, 3.8) is 0 Å². The first-order valence-corrected chi connectivity index (χ1v) is 8.03. The molecule has 0 saturated heterocycles. The molecule has 104 valence electrons. The summed E-state index contributed by atoms with van der Waals surface area (Å²) in [6, 6.07) is 7.42. The first-order chi connectivity index (χ1) is 9.65. The van der Waals surface area contributed by atoms with E-state index in [-0.39, 0.29) is 11.4 Å². The second-order valence-corrected chi connectivity index (χ2v) is 6.64. The Balaban J connectivity index is 1.71. The van der Waals surface area contributed by atoms with E-state index >= 15 is 0 Å². The van der Waals surface area contributed by atoms with Crippen molar-refractivity contribution in [3.05, 3.63) is 47.9 Å². The number of furan rings is 1. The molecule has 3 rings (SSSR count). The van der Waals surface area contributed by atoms with Gasteiger partial charge >= 0.3 is 0 Å². The molecular weight excluding hydrogens is 300 g/mol. The maximum atomic E-state index is 11.9. The average molecular weight is 310 g/mol. The zero-order chi connectivity index (χ0) is 14.0. The van der Waals surface area contributed by atoms with Crippen LogP contribution in [-0.4, -0.2) is 13.6 Å². The summed E-state index contributed by atoms with van der Waals surface area (Å²) in [5.41, 5.74) is 0. The van der Waals surface area contributed by atoms with Gasteiger partial charge in [0.15, 0.2) is 0 Å². The summed E-state index contributed by atoms with van der Waals surface area (Å²) in [4.78, 5) is 0.987. The van der Waals surface area contributed by atoms with Crippen molar-refractivity contribution >= 4 is 21.4 Å². The fourth-order valence-corrected chi connectivity index (χ4v) is 3.14. The Morgan fingerprint density at radius 2 is 2.20 bits per heavy atom. The molecule has 0 fully saturated rings. The summed E-state index contributed by atoms with van der Waals surface area (Å²) < 4.78 is 36.2. The third-order valence-corrected chi connectivity index (χ3v) is 4.81. The number of hydrogen-bond acceptors (Lipinski definition) is 6. The van der Waals surface area contributed by atoms with Gasteiger partial charge in [-0.3, -0.25) is 0 Å². The standard InChI is InChI=1S/C12H10N2O4S2/c15-20(16,10-7-13-17-8-10)14-6-9-3-4-11(18-9)12-2-1-5-19-12/h1-5,7-8,14H,6H2. The molecule has 20 heavy (non-hydrogen) atoms. The Kier molecular flexibility index (Phi) is 3.43. The lowest BCUT2D eigenvalue weighted by Gasteiger charge is -2.01. The van der Waals surface area contributed by atoms with Crippen LogP contribution in [0.1, 0.15) is 5.76 Å². The van der Waals surface area contributed by atoms with E-state index in [1.165, 1.54) is 0 Å². The molecule has 3 aromatic heterocycles. The van der Waals surface area contributed by atoms with Crippen LogP contribution in [0.4, 0.5) is 0 Å². The molecule has 0 aromatic carbocycles. The molecule has 0 aliphatic heterocycles. The number of nitrogens with zero attached hydrogens (tertiary/aromatic N) is 1. The summed E-state index contributed by atoms with van der Waals surface area (Å²) in [6.45, 7) is 0.0683. The summed E-state index contributed by atoms with van der Waals surface area (Å²) in [6.07, 6.45) is 2.21. The smallest absolute Gasteiger partial charge is 0.245 e. The lowest BCUT2D eigenvalue weighted by atomic mass is 10.3. The highest BCUT2D eigenvalue weighted by molar-refractivity contribution is 7.89. The van der Waals surface area contributed by atoms with E-state index in [1.807, 2.05) is 23.6 Å². The second kappa shape index (κ2) is 5.23. The van der Waals surface area contributed by atoms with E-state index in [0.717, 1.165) is 23.1 Å². The highest BCUT2D eigenvalue weighted by Gasteiger charge is 2.17. The van der Waals surface area contributed by atoms with Gasteiger partial charge in [0.05, 0.1) is 17.6 Å². The monoisotopic (exact) mass is 310 g/mol. The molecule has 3 heterocycles. The first-order valence-electron chi connectivity index (χ1n) is 5.67. The Labute approximate surface area is 119 Å². The van der Waals surface area contributed by atoms with Gasteiger partial charge in [-0.1, -0.05) is 11.2 Å². The van der Waals surface area contributed by atoms with E-state index < -0.39 is 10.0 Å². The molecule has 0 saturated carbocycles. The SMILES string of the molecule is O=S(=O)(NCc1ccc(-c2cccs2)o1)c1cnoc1. The Hall–Kier alpha value is -1.90. The minimum absolute atomic E-state index is 0.0115. The fourth-order valence-electron chi connectivity index (χ4n) is 1.60. The predicted octanol–water partition coefficient (Wildman–Crippen LogP) is 2.47. The van der Waals surface area contributed by atoms with Crippen LogP contribution in [0.15, 0.2) is 55.9 Å². The van der Waals surface area contributed by atoms with Crippen molar-refractivity contribution in [3.8, 4) is 10.6 Å². The van der Waals surface area contributed by atoms with Crippen molar-refractivity contribution in [1.82, 2.24) is 9.88 Å². The first kappa shape index (κ1) is 13.1. The number of aromatic nitrogens is 1. The third kappa shape index (κ3) is 2.67. The van der Waals surface area contributed by atoms with Gasteiger partial charge < -0.3 is 8.94 Å². The number of nitrogens with one attached hydrogen (secondary N) is 1. The molecular formula is C12H10N2O4S2. The van der Waals surface area contributed by atoms with Crippen molar-refractivity contribution in [2.45, 2.75) is 11.4 Å². The molecule has 1 N–H and O–H groups in total. The lowest BCUT2D eigenvalue weighted by Crippen LogP contribution is -2.22. The largest absolute Gasteiger partial charge is 0.459 e. The van der Waals surface area contributed by atoms with Crippen molar-refractivity contribution in [2.24, 2.45) is 0 Å². The van der Waals surface area contributed by atoms with E-state index in [2.05, 4.69) is 14.4 Å². The molecule has 6 nitrogen and oxygen atoms in total. The summed E-state index contributed by atoms with van der Waals surface area (Å²) >= 11 is 1.56. The highest BCUT2D eigenvalue weighted by Crippen LogP contribution is 2.26. The molecule has 0 spiro atoms. The quantitative estimate of drug-likeness (QED) is 0.782. The number of sulfonamides is 1. The van der Waals surface area contributed by atoms with Gasteiger partial charge in [0.1, 0.15) is 22.7 Å². The van der Waals surface area contributed by atoms with E-state index in [9.17, 15) is 8.42 Å². The van der Waals surface area contributed by atoms with Crippen LogP contribution in [0, 0.1) is 0 Å². The Morgan fingerprint density at radius 3 is 2.90 bits per heavy atom. The van der Waals surface area contributed by atoms with Crippen LogP contribution >= 0.6 is 11.3 Å². The zero-order valence-corrected chi connectivity index (χ0v) is 11.8. The van der Waals surface area contributed by atoms with E-state index in [1.54, 1.807) is 17.4 Å². The summed E-state index contributed by atoms with van der Waals surface area (Å²) in [7, 11) is -3.62.